The van der Waals surface area contributed by atoms with Crippen LogP contribution in [-0.4, -0.2) is 51.4 Å². The summed E-state index contributed by atoms with van der Waals surface area (Å²) in [6, 6.07) is 2.36. The second-order valence-corrected chi connectivity index (χ2v) is 5.42. The number of alkyl halides is 3. The van der Waals surface area contributed by atoms with Crippen molar-refractivity contribution in [2.75, 3.05) is 18.4 Å². The van der Waals surface area contributed by atoms with E-state index in [1.54, 1.807) is 0 Å². The van der Waals surface area contributed by atoms with Crippen LogP contribution in [0.15, 0.2) is 30.6 Å². The van der Waals surface area contributed by atoms with Crippen LogP contribution in [0.1, 0.15) is 6.92 Å². The Bertz CT molecular complexity index is 817. The highest BCUT2D eigenvalue weighted by Crippen LogP contribution is 2.24. The number of anilines is 1. The van der Waals surface area contributed by atoms with Crippen molar-refractivity contribution in [3.8, 4) is 11.6 Å². The highest BCUT2D eigenvalue weighted by molar-refractivity contribution is 5.88. The second kappa shape index (κ2) is 8.78. The van der Waals surface area contributed by atoms with Gasteiger partial charge in [-0.3, -0.25) is 5.32 Å². The third kappa shape index (κ3) is 5.49. The normalized spacial score (nSPS) is 12.4. The van der Waals surface area contributed by atoms with Gasteiger partial charge >= 0.3 is 12.2 Å². The van der Waals surface area contributed by atoms with E-state index in [1.807, 2.05) is 0 Å². The molecule has 2 amide bonds. The van der Waals surface area contributed by atoms with Crippen LogP contribution >= 0.6 is 0 Å². The Morgan fingerprint density at radius 3 is 2.57 bits per heavy atom. The van der Waals surface area contributed by atoms with Crippen LogP contribution in [0.5, 0.6) is 11.6 Å². The summed E-state index contributed by atoms with van der Waals surface area (Å²) in [4.78, 5) is 20.3. The topological polar surface area (TPSA) is 87.6 Å². The fraction of sp³-hybridized carbons (Fsp3) is 0.312. The number of aliphatic hydroxyl groups is 1. The lowest BCUT2D eigenvalue weighted by Gasteiger charge is -2.25. The highest BCUT2D eigenvalue weighted by Gasteiger charge is 2.39. The number of hydrogen-bond donors (Lipinski definition) is 2. The Morgan fingerprint density at radius 2 is 2.00 bits per heavy atom. The maximum absolute atomic E-state index is 13.5. The van der Waals surface area contributed by atoms with Gasteiger partial charge in [0.2, 0.25) is 11.7 Å². The number of carbonyl (C=O) groups is 1. The monoisotopic (exact) mass is 406 g/mol. The molecule has 1 atom stereocenters. The van der Waals surface area contributed by atoms with E-state index in [4.69, 9.17) is 9.84 Å². The number of aliphatic hydroxyl groups excluding tert-OH is 1. The lowest BCUT2D eigenvalue weighted by molar-refractivity contribution is -0.206. The average Bonchev–Trinajstić information content (AvgIpc) is 2.64. The van der Waals surface area contributed by atoms with Crippen molar-refractivity contribution >= 4 is 11.8 Å². The summed E-state index contributed by atoms with van der Waals surface area (Å²) in [6.07, 6.45) is -5.54. The van der Waals surface area contributed by atoms with Crippen LogP contribution in [-0.2, 0) is 0 Å². The van der Waals surface area contributed by atoms with E-state index in [0.29, 0.717) is 0 Å². The van der Waals surface area contributed by atoms with E-state index in [-0.39, 0.29) is 18.2 Å². The van der Waals surface area contributed by atoms with Crippen molar-refractivity contribution in [2.24, 2.45) is 0 Å². The number of nitrogens with one attached hydrogen (secondary N) is 1. The molecule has 152 valence electrons. The van der Waals surface area contributed by atoms with E-state index in [2.05, 4.69) is 15.3 Å². The third-order valence-corrected chi connectivity index (χ3v) is 3.43. The first-order valence-electron chi connectivity index (χ1n) is 7.86. The van der Waals surface area contributed by atoms with Crippen LogP contribution in [0.25, 0.3) is 0 Å². The summed E-state index contributed by atoms with van der Waals surface area (Å²) >= 11 is 0. The Hall–Kier alpha value is -3.02. The summed E-state index contributed by atoms with van der Waals surface area (Å²) < 4.78 is 69.0. The molecule has 0 radical (unpaired) electrons. The molecule has 0 aliphatic rings. The Labute approximate surface area is 155 Å². The first-order chi connectivity index (χ1) is 13.1. The number of nitrogens with zero attached hydrogens (tertiary/aromatic N) is 3. The number of ether oxygens (including phenoxy) is 1. The number of likely N-dealkylation sites (N-methyl/N-ethyl adjacent to an activating group) is 1. The van der Waals surface area contributed by atoms with Crippen molar-refractivity contribution < 1.29 is 36.6 Å². The molecule has 2 aromatic rings. The fourth-order valence-corrected chi connectivity index (χ4v) is 1.97. The van der Waals surface area contributed by atoms with Gasteiger partial charge in [-0.15, -0.1) is 0 Å². The zero-order chi connectivity index (χ0) is 20.9. The van der Waals surface area contributed by atoms with Crippen molar-refractivity contribution in [1.29, 1.82) is 0 Å². The molecular weight excluding hydrogens is 391 g/mol. The largest absolute Gasteiger partial charge is 0.434 e. The number of halogens is 5. The zero-order valence-corrected chi connectivity index (χ0v) is 14.4. The van der Waals surface area contributed by atoms with Crippen molar-refractivity contribution in [3.63, 3.8) is 0 Å². The molecule has 1 aromatic carbocycles. The van der Waals surface area contributed by atoms with Gasteiger partial charge in [-0.05, 0) is 19.1 Å². The lowest BCUT2D eigenvalue weighted by Crippen LogP contribution is -2.45. The SMILES string of the molecule is CCN(C[C@@H](O)C(F)(F)F)C(=O)Nc1cnc(Oc2cccc(F)c2F)cn1. The zero-order valence-electron chi connectivity index (χ0n) is 14.4. The maximum Gasteiger partial charge on any atom is 0.416 e. The van der Waals surface area contributed by atoms with Crippen molar-refractivity contribution in [3.05, 3.63) is 42.2 Å². The van der Waals surface area contributed by atoms with Crippen LogP contribution in [0.4, 0.5) is 32.6 Å². The number of aromatic nitrogens is 2. The Balaban J connectivity index is 2.01. The predicted octanol–water partition coefficient (Wildman–Crippen LogP) is 3.32. The standard InChI is InChI=1S/C16H15F5N4O3/c1-2-25(8-11(26)16(19,20)21)15(27)24-12-6-23-13(7-22-12)28-10-5-3-4-9(17)14(10)18/h3-7,11,26H,2,8H2,1H3,(H,22,24,27)/t11-/m1/s1. The van der Waals surface area contributed by atoms with Gasteiger partial charge in [0.1, 0.15) is 0 Å². The fourth-order valence-electron chi connectivity index (χ4n) is 1.97. The smallest absolute Gasteiger partial charge is 0.416 e. The summed E-state index contributed by atoms with van der Waals surface area (Å²) in [6.45, 7) is 0.366. The van der Waals surface area contributed by atoms with Gasteiger partial charge in [-0.2, -0.15) is 17.6 Å². The van der Waals surface area contributed by atoms with Gasteiger partial charge < -0.3 is 14.7 Å². The third-order valence-electron chi connectivity index (χ3n) is 3.43. The van der Waals surface area contributed by atoms with Gasteiger partial charge in [0.25, 0.3) is 0 Å². The molecule has 1 aromatic heterocycles. The van der Waals surface area contributed by atoms with Gasteiger partial charge in [-0.1, -0.05) is 6.07 Å². The maximum atomic E-state index is 13.5. The first kappa shape index (κ1) is 21.3. The molecular formula is C16H15F5N4O3. The second-order valence-electron chi connectivity index (χ2n) is 5.42. The van der Waals surface area contributed by atoms with Gasteiger partial charge in [0.15, 0.2) is 23.5 Å². The summed E-state index contributed by atoms with van der Waals surface area (Å²) in [5.74, 6) is -3.10. The number of rotatable bonds is 6. The van der Waals surface area contributed by atoms with Crippen LogP contribution < -0.4 is 10.1 Å². The first-order valence-corrected chi connectivity index (χ1v) is 7.86. The van der Waals surface area contributed by atoms with Gasteiger partial charge in [0.05, 0.1) is 18.9 Å². The van der Waals surface area contributed by atoms with Crippen LogP contribution in [0, 0.1) is 11.6 Å². The molecule has 2 N–H and O–H groups in total. The van der Waals surface area contributed by atoms with Crippen molar-refractivity contribution in [1.82, 2.24) is 14.9 Å². The molecule has 0 fully saturated rings. The molecule has 0 aliphatic heterocycles. The predicted molar refractivity (Wildman–Crippen MR) is 86.8 cm³/mol. The molecule has 28 heavy (non-hydrogen) atoms. The number of benzene rings is 1. The number of carbonyl (C=O) groups excluding carboxylic acids is 1. The summed E-state index contributed by atoms with van der Waals surface area (Å²) in [7, 11) is 0. The number of hydrogen-bond acceptors (Lipinski definition) is 5. The van der Waals surface area contributed by atoms with E-state index in [0.717, 1.165) is 23.4 Å². The molecule has 7 nitrogen and oxygen atoms in total. The molecule has 12 heteroatoms. The lowest BCUT2D eigenvalue weighted by atomic mass is 10.3. The molecule has 0 unspecified atom stereocenters. The van der Waals surface area contributed by atoms with Crippen LogP contribution in [0.3, 0.4) is 0 Å². The minimum atomic E-state index is -4.86. The molecule has 0 bridgehead atoms. The molecule has 0 saturated heterocycles. The number of amides is 2. The minimum absolute atomic E-state index is 0.105. The van der Waals surface area contributed by atoms with E-state index < -0.39 is 42.2 Å². The minimum Gasteiger partial charge on any atom is -0.434 e. The highest BCUT2D eigenvalue weighted by atomic mass is 19.4. The average molecular weight is 406 g/mol. The molecule has 0 spiro atoms. The van der Waals surface area contributed by atoms with E-state index in [1.165, 1.54) is 19.1 Å². The Kier molecular flexibility index (Phi) is 6.67. The number of urea groups is 1. The van der Waals surface area contributed by atoms with Gasteiger partial charge in [0, 0.05) is 6.54 Å². The van der Waals surface area contributed by atoms with E-state index in [9.17, 15) is 26.7 Å². The van der Waals surface area contributed by atoms with Gasteiger partial charge in [-0.25, -0.2) is 19.2 Å². The summed E-state index contributed by atoms with van der Waals surface area (Å²) in [5, 5.41) is 11.3. The molecule has 1 heterocycles. The molecule has 0 aliphatic carbocycles. The Morgan fingerprint density at radius 1 is 1.29 bits per heavy atom. The van der Waals surface area contributed by atoms with Crippen LogP contribution in [0.2, 0.25) is 0 Å². The molecule has 2 rings (SSSR count). The van der Waals surface area contributed by atoms with E-state index >= 15 is 0 Å². The quantitative estimate of drug-likeness (QED) is 0.719. The summed E-state index contributed by atoms with van der Waals surface area (Å²) in [5.41, 5.74) is 0. The molecule has 0 saturated carbocycles. The van der Waals surface area contributed by atoms with Crippen molar-refractivity contribution in [2.45, 2.75) is 19.2 Å².